The molecule has 19 heavy (non-hydrogen) atoms. The number of aromatic nitrogens is 5. The SMILES string of the molecule is c1cncc(-c2nnc3sc(-c4ccsc4)nn23)c1. The van der Waals surface area contributed by atoms with E-state index in [2.05, 4.69) is 31.7 Å². The van der Waals surface area contributed by atoms with Crippen LogP contribution in [0.25, 0.3) is 26.9 Å². The van der Waals surface area contributed by atoms with Crippen LogP contribution in [0.2, 0.25) is 0 Å². The summed E-state index contributed by atoms with van der Waals surface area (Å²) in [5.41, 5.74) is 2.04. The van der Waals surface area contributed by atoms with Crippen molar-refractivity contribution >= 4 is 27.6 Å². The predicted octanol–water partition coefficient (Wildman–Crippen LogP) is 2.98. The molecule has 0 aliphatic carbocycles. The Morgan fingerprint density at radius 2 is 2.11 bits per heavy atom. The summed E-state index contributed by atoms with van der Waals surface area (Å²) >= 11 is 3.19. The molecule has 0 fully saturated rings. The van der Waals surface area contributed by atoms with Gasteiger partial charge in [0, 0.05) is 28.9 Å². The number of pyridine rings is 1. The van der Waals surface area contributed by atoms with Crippen LogP contribution in [0.3, 0.4) is 0 Å². The lowest BCUT2D eigenvalue weighted by molar-refractivity contribution is 0.969. The van der Waals surface area contributed by atoms with Crippen molar-refractivity contribution in [1.82, 2.24) is 24.8 Å². The number of hydrogen-bond donors (Lipinski definition) is 0. The highest BCUT2D eigenvalue weighted by Gasteiger charge is 2.14. The molecule has 0 spiro atoms. The van der Waals surface area contributed by atoms with Gasteiger partial charge in [-0.2, -0.15) is 21.0 Å². The smallest absolute Gasteiger partial charge is 0.235 e. The molecule has 0 radical (unpaired) electrons. The van der Waals surface area contributed by atoms with Crippen LogP contribution >= 0.6 is 22.7 Å². The van der Waals surface area contributed by atoms with Crippen molar-refractivity contribution in [2.24, 2.45) is 0 Å². The minimum Gasteiger partial charge on any atom is -0.264 e. The van der Waals surface area contributed by atoms with E-state index in [4.69, 9.17) is 0 Å². The van der Waals surface area contributed by atoms with Gasteiger partial charge in [0.05, 0.1) is 0 Å². The van der Waals surface area contributed by atoms with Gasteiger partial charge in [-0.05, 0) is 23.6 Å². The summed E-state index contributed by atoms with van der Waals surface area (Å²) in [6, 6.07) is 5.88. The summed E-state index contributed by atoms with van der Waals surface area (Å²) in [6.45, 7) is 0. The fourth-order valence-electron chi connectivity index (χ4n) is 1.79. The van der Waals surface area contributed by atoms with Crippen LogP contribution in [-0.2, 0) is 0 Å². The van der Waals surface area contributed by atoms with Crippen molar-refractivity contribution in [3.05, 3.63) is 41.4 Å². The topological polar surface area (TPSA) is 56.0 Å². The van der Waals surface area contributed by atoms with Gasteiger partial charge in [-0.1, -0.05) is 11.3 Å². The Morgan fingerprint density at radius 3 is 2.89 bits per heavy atom. The fraction of sp³-hybridized carbons (Fsp3) is 0. The maximum atomic E-state index is 4.58. The third-order valence-electron chi connectivity index (χ3n) is 2.68. The van der Waals surface area contributed by atoms with Crippen molar-refractivity contribution in [3.8, 4) is 22.0 Å². The van der Waals surface area contributed by atoms with Gasteiger partial charge in [-0.3, -0.25) is 4.98 Å². The molecule has 7 heteroatoms. The summed E-state index contributed by atoms with van der Waals surface area (Å²) in [5.74, 6) is 0.723. The van der Waals surface area contributed by atoms with Crippen LogP contribution < -0.4 is 0 Å². The summed E-state index contributed by atoms with van der Waals surface area (Å²) in [7, 11) is 0. The molecule has 4 aromatic heterocycles. The predicted molar refractivity (Wildman–Crippen MR) is 75.2 cm³/mol. The van der Waals surface area contributed by atoms with Gasteiger partial charge in [-0.15, -0.1) is 10.2 Å². The monoisotopic (exact) mass is 285 g/mol. The van der Waals surface area contributed by atoms with E-state index in [1.165, 1.54) is 11.3 Å². The molecule has 0 saturated carbocycles. The maximum Gasteiger partial charge on any atom is 0.235 e. The van der Waals surface area contributed by atoms with Crippen LogP contribution in [0.15, 0.2) is 41.4 Å². The van der Waals surface area contributed by atoms with Crippen LogP contribution in [0, 0.1) is 0 Å². The van der Waals surface area contributed by atoms with E-state index in [9.17, 15) is 0 Å². The number of fused-ring (bicyclic) bond motifs is 1. The Labute approximate surface area is 116 Å². The Bertz CT molecular complexity index is 816. The molecular formula is C12H7N5S2. The molecule has 4 rings (SSSR count). The Kier molecular flexibility index (Phi) is 2.39. The zero-order valence-corrected chi connectivity index (χ0v) is 11.2. The standard InChI is InChI=1S/C12H7N5S2/c1-2-8(6-13-4-1)10-14-15-12-17(10)16-11(19-12)9-3-5-18-7-9/h1-7H. The summed E-state index contributed by atoms with van der Waals surface area (Å²) in [4.78, 5) is 4.89. The van der Waals surface area contributed by atoms with Crippen molar-refractivity contribution in [1.29, 1.82) is 0 Å². The van der Waals surface area contributed by atoms with Crippen LogP contribution in [-0.4, -0.2) is 24.8 Å². The third-order valence-corrected chi connectivity index (χ3v) is 4.31. The van der Waals surface area contributed by atoms with Crippen LogP contribution in [0.1, 0.15) is 0 Å². The zero-order valence-electron chi connectivity index (χ0n) is 9.59. The molecule has 92 valence electrons. The second kappa shape index (κ2) is 4.22. The highest BCUT2D eigenvalue weighted by molar-refractivity contribution is 7.20. The van der Waals surface area contributed by atoms with Gasteiger partial charge < -0.3 is 0 Å². The summed E-state index contributed by atoms with van der Waals surface area (Å²) < 4.78 is 1.77. The van der Waals surface area contributed by atoms with E-state index in [1.54, 1.807) is 28.2 Å². The van der Waals surface area contributed by atoms with Gasteiger partial charge >= 0.3 is 0 Å². The first-order chi connectivity index (χ1) is 9.42. The van der Waals surface area contributed by atoms with Crippen molar-refractivity contribution in [3.63, 3.8) is 0 Å². The molecule has 0 amide bonds. The highest BCUT2D eigenvalue weighted by atomic mass is 32.1. The second-order valence-electron chi connectivity index (χ2n) is 3.88. The molecule has 0 atom stereocenters. The lowest BCUT2D eigenvalue weighted by Gasteiger charge is -1.94. The number of rotatable bonds is 2. The van der Waals surface area contributed by atoms with Crippen molar-refractivity contribution in [2.45, 2.75) is 0 Å². The van der Waals surface area contributed by atoms with Gasteiger partial charge in [0.25, 0.3) is 0 Å². The molecule has 5 nitrogen and oxygen atoms in total. The van der Waals surface area contributed by atoms with E-state index < -0.39 is 0 Å². The average Bonchev–Trinajstić information content (AvgIpc) is 3.15. The van der Waals surface area contributed by atoms with E-state index in [-0.39, 0.29) is 0 Å². The van der Waals surface area contributed by atoms with Crippen LogP contribution in [0.4, 0.5) is 0 Å². The molecule has 0 aliphatic heterocycles. The van der Waals surface area contributed by atoms with E-state index in [1.807, 2.05) is 17.5 Å². The van der Waals surface area contributed by atoms with Gasteiger partial charge in [0.2, 0.25) is 4.96 Å². The minimum atomic E-state index is 0.723. The number of thiophene rings is 1. The molecule has 4 aromatic rings. The van der Waals surface area contributed by atoms with E-state index in [0.29, 0.717) is 0 Å². The average molecular weight is 285 g/mol. The summed E-state index contributed by atoms with van der Waals surface area (Å²) in [5, 5.41) is 18.0. The molecular weight excluding hydrogens is 278 g/mol. The molecule has 0 saturated heterocycles. The molecule has 0 unspecified atom stereocenters. The van der Waals surface area contributed by atoms with Crippen LogP contribution in [0.5, 0.6) is 0 Å². The largest absolute Gasteiger partial charge is 0.264 e. The van der Waals surface area contributed by atoms with Crippen molar-refractivity contribution < 1.29 is 0 Å². The van der Waals surface area contributed by atoms with Crippen molar-refractivity contribution in [2.75, 3.05) is 0 Å². The Hall–Kier alpha value is -2.12. The number of nitrogens with zero attached hydrogens (tertiary/aromatic N) is 5. The molecule has 4 heterocycles. The molecule has 0 N–H and O–H groups in total. The quantitative estimate of drug-likeness (QED) is 0.568. The lowest BCUT2D eigenvalue weighted by Crippen LogP contribution is -1.90. The minimum absolute atomic E-state index is 0.723. The molecule has 0 bridgehead atoms. The fourth-order valence-corrected chi connectivity index (χ4v) is 3.35. The van der Waals surface area contributed by atoms with E-state index in [0.717, 1.165) is 26.9 Å². The van der Waals surface area contributed by atoms with Gasteiger partial charge in [0.15, 0.2) is 5.82 Å². The second-order valence-corrected chi connectivity index (χ2v) is 5.61. The zero-order chi connectivity index (χ0) is 12.7. The summed E-state index contributed by atoms with van der Waals surface area (Å²) in [6.07, 6.45) is 3.50. The van der Waals surface area contributed by atoms with E-state index >= 15 is 0 Å². The number of hydrogen-bond acceptors (Lipinski definition) is 6. The first kappa shape index (κ1) is 10.8. The Balaban J connectivity index is 1.90. The molecule has 0 aliphatic rings. The third kappa shape index (κ3) is 1.74. The van der Waals surface area contributed by atoms with Gasteiger partial charge in [0.1, 0.15) is 5.01 Å². The highest BCUT2D eigenvalue weighted by Crippen LogP contribution is 2.28. The first-order valence-corrected chi connectivity index (χ1v) is 7.33. The molecule has 0 aromatic carbocycles. The lowest BCUT2D eigenvalue weighted by atomic mass is 10.3. The Morgan fingerprint density at radius 1 is 1.11 bits per heavy atom. The maximum absolute atomic E-state index is 4.58. The van der Waals surface area contributed by atoms with Gasteiger partial charge in [-0.25, -0.2) is 0 Å². The normalized spacial score (nSPS) is 11.2. The first-order valence-electron chi connectivity index (χ1n) is 5.57.